The number of rotatable bonds is 5. The molecular weight excluding hydrogens is 299 g/mol. The second-order valence-corrected chi connectivity index (χ2v) is 7.10. The number of hydrogen-bond acceptors (Lipinski definition) is 3. The van der Waals surface area contributed by atoms with Gasteiger partial charge in [0.2, 0.25) is 10.0 Å². The molecular formula is C11H18F3NO4S. The molecule has 1 saturated heterocycles. The highest BCUT2D eigenvalue weighted by Crippen LogP contribution is 2.27. The Hall–Kier alpha value is -0.830. The highest BCUT2D eigenvalue weighted by atomic mass is 32.2. The molecule has 0 amide bonds. The number of alkyl halides is 3. The first-order chi connectivity index (χ1) is 9.03. The highest BCUT2D eigenvalue weighted by Gasteiger charge is 2.36. The molecule has 2 atom stereocenters. The van der Waals surface area contributed by atoms with E-state index in [9.17, 15) is 26.4 Å². The molecule has 0 bridgehead atoms. The number of carboxylic acid groups (broad SMARTS) is 1. The van der Waals surface area contributed by atoms with Crippen LogP contribution in [0.15, 0.2) is 0 Å². The van der Waals surface area contributed by atoms with E-state index in [0.29, 0.717) is 0 Å². The monoisotopic (exact) mass is 317 g/mol. The number of carbonyl (C=O) groups is 1. The van der Waals surface area contributed by atoms with E-state index in [1.807, 2.05) is 0 Å². The summed E-state index contributed by atoms with van der Waals surface area (Å²) < 4.78 is 61.1. The molecule has 118 valence electrons. The van der Waals surface area contributed by atoms with Crippen molar-refractivity contribution in [3.8, 4) is 0 Å². The topological polar surface area (TPSA) is 74.7 Å². The number of halogens is 3. The van der Waals surface area contributed by atoms with Crippen LogP contribution in [0.1, 0.15) is 32.6 Å². The molecule has 1 N–H and O–H groups in total. The zero-order valence-electron chi connectivity index (χ0n) is 11.1. The van der Waals surface area contributed by atoms with Gasteiger partial charge in [0.1, 0.15) is 0 Å². The molecule has 1 aliphatic heterocycles. The second kappa shape index (κ2) is 6.30. The van der Waals surface area contributed by atoms with Crippen LogP contribution in [0, 0.1) is 5.92 Å². The van der Waals surface area contributed by atoms with Gasteiger partial charge in [-0.3, -0.25) is 4.79 Å². The van der Waals surface area contributed by atoms with Gasteiger partial charge in [0.25, 0.3) is 0 Å². The second-order valence-electron chi connectivity index (χ2n) is 5.05. The number of aliphatic carboxylic acids is 1. The van der Waals surface area contributed by atoms with Crippen LogP contribution in [0.2, 0.25) is 0 Å². The third kappa shape index (κ3) is 4.93. The van der Waals surface area contributed by atoms with E-state index in [0.717, 1.165) is 4.31 Å². The van der Waals surface area contributed by atoms with Gasteiger partial charge in [-0.25, -0.2) is 8.42 Å². The zero-order valence-corrected chi connectivity index (χ0v) is 11.9. The lowest BCUT2D eigenvalue weighted by molar-refractivity contribution is -0.143. The van der Waals surface area contributed by atoms with Crippen molar-refractivity contribution in [2.45, 2.75) is 44.8 Å². The molecule has 0 aromatic carbocycles. The van der Waals surface area contributed by atoms with Gasteiger partial charge < -0.3 is 5.11 Å². The molecule has 1 heterocycles. The van der Waals surface area contributed by atoms with Crippen LogP contribution in [-0.2, 0) is 14.8 Å². The van der Waals surface area contributed by atoms with Crippen LogP contribution in [0.4, 0.5) is 13.2 Å². The summed E-state index contributed by atoms with van der Waals surface area (Å²) in [5.74, 6) is -2.12. The minimum Gasteiger partial charge on any atom is -0.481 e. The van der Waals surface area contributed by atoms with Crippen LogP contribution >= 0.6 is 0 Å². The molecule has 1 aliphatic rings. The zero-order chi connectivity index (χ0) is 15.6. The normalized spacial score (nSPS) is 25.6. The van der Waals surface area contributed by atoms with E-state index in [-0.39, 0.29) is 19.4 Å². The minimum absolute atomic E-state index is 0.0481. The Labute approximate surface area is 115 Å². The van der Waals surface area contributed by atoms with Crippen molar-refractivity contribution < 1.29 is 31.5 Å². The molecule has 1 fully saturated rings. The van der Waals surface area contributed by atoms with Crippen LogP contribution in [0.5, 0.6) is 0 Å². The van der Waals surface area contributed by atoms with Crippen LogP contribution in [0.25, 0.3) is 0 Å². The fourth-order valence-electron chi connectivity index (χ4n) is 2.36. The Balaban J connectivity index is 2.58. The van der Waals surface area contributed by atoms with Gasteiger partial charge in [-0.05, 0) is 26.2 Å². The summed E-state index contributed by atoms with van der Waals surface area (Å²) in [6.45, 7) is 1.63. The first kappa shape index (κ1) is 17.2. The van der Waals surface area contributed by atoms with E-state index in [2.05, 4.69) is 0 Å². The van der Waals surface area contributed by atoms with Crippen molar-refractivity contribution in [3.63, 3.8) is 0 Å². The van der Waals surface area contributed by atoms with Crippen molar-refractivity contribution >= 4 is 16.0 Å². The van der Waals surface area contributed by atoms with Crippen molar-refractivity contribution in [2.24, 2.45) is 5.92 Å². The summed E-state index contributed by atoms with van der Waals surface area (Å²) in [6.07, 6.45) is -5.59. The van der Waals surface area contributed by atoms with Gasteiger partial charge in [-0.2, -0.15) is 17.5 Å². The Bertz CT molecular complexity index is 449. The largest absolute Gasteiger partial charge is 0.481 e. The first-order valence-corrected chi connectivity index (χ1v) is 7.93. The van der Waals surface area contributed by atoms with Gasteiger partial charge in [-0.15, -0.1) is 0 Å². The maximum Gasteiger partial charge on any atom is 0.389 e. The Morgan fingerprint density at radius 2 is 2.00 bits per heavy atom. The third-order valence-electron chi connectivity index (χ3n) is 3.38. The van der Waals surface area contributed by atoms with Gasteiger partial charge in [-0.1, -0.05) is 0 Å². The smallest absolute Gasteiger partial charge is 0.389 e. The molecule has 0 radical (unpaired) electrons. The highest BCUT2D eigenvalue weighted by molar-refractivity contribution is 7.89. The van der Waals surface area contributed by atoms with E-state index >= 15 is 0 Å². The molecule has 2 unspecified atom stereocenters. The molecule has 0 aromatic rings. The number of sulfonamides is 1. The summed E-state index contributed by atoms with van der Waals surface area (Å²) in [7, 11) is -3.76. The average molecular weight is 317 g/mol. The van der Waals surface area contributed by atoms with Crippen molar-refractivity contribution in [1.82, 2.24) is 4.31 Å². The van der Waals surface area contributed by atoms with Crippen LogP contribution in [0.3, 0.4) is 0 Å². The Morgan fingerprint density at radius 3 is 2.45 bits per heavy atom. The summed E-state index contributed by atoms with van der Waals surface area (Å²) in [4.78, 5) is 10.8. The number of hydrogen-bond donors (Lipinski definition) is 1. The summed E-state index contributed by atoms with van der Waals surface area (Å²) in [6, 6.07) is -0.499. The van der Waals surface area contributed by atoms with E-state index in [1.54, 1.807) is 6.92 Å². The lowest BCUT2D eigenvalue weighted by Crippen LogP contribution is -2.46. The third-order valence-corrected chi connectivity index (χ3v) is 5.45. The van der Waals surface area contributed by atoms with E-state index in [1.165, 1.54) is 0 Å². The summed E-state index contributed by atoms with van der Waals surface area (Å²) in [5, 5.41) is 8.88. The van der Waals surface area contributed by atoms with Gasteiger partial charge in [0, 0.05) is 19.0 Å². The van der Waals surface area contributed by atoms with Crippen molar-refractivity contribution in [2.75, 3.05) is 12.3 Å². The van der Waals surface area contributed by atoms with Crippen molar-refractivity contribution in [3.05, 3.63) is 0 Å². The van der Waals surface area contributed by atoms with Gasteiger partial charge in [0.05, 0.1) is 11.7 Å². The minimum atomic E-state index is -4.36. The molecule has 9 heteroatoms. The predicted octanol–water partition coefficient (Wildman–Crippen LogP) is 1.84. The van der Waals surface area contributed by atoms with Crippen molar-refractivity contribution in [1.29, 1.82) is 0 Å². The standard InChI is InChI=1S/C11H18F3NO4S/c1-8-7-9(10(16)17)3-5-15(8)20(18,19)6-2-4-11(12,13)14/h8-9H,2-7H2,1H3,(H,16,17). The Kier molecular flexibility index (Phi) is 5.42. The number of piperidine rings is 1. The maximum absolute atomic E-state index is 12.0. The average Bonchev–Trinajstić information content (AvgIpc) is 2.26. The Morgan fingerprint density at radius 1 is 1.40 bits per heavy atom. The van der Waals surface area contributed by atoms with Gasteiger partial charge in [0.15, 0.2) is 0 Å². The van der Waals surface area contributed by atoms with Crippen LogP contribution < -0.4 is 0 Å². The predicted molar refractivity (Wildman–Crippen MR) is 65.6 cm³/mol. The van der Waals surface area contributed by atoms with E-state index < -0.39 is 52.7 Å². The number of carboxylic acids is 1. The van der Waals surface area contributed by atoms with E-state index in [4.69, 9.17) is 5.11 Å². The molecule has 20 heavy (non-hydrogen) atoms. The first-order valence-electron chi connectivity index (χ1n) is 6.32. The SMILES string of the molecule is CC1CC(C(=O)O)CCN1S(=O)(=O)CCCC(F)(F)F. The number of nitrogens with zero attached hydrogens (tertiary/aromatic N) is 1. The fourth-order valence-corrected chi connectivity index (χ4v) is 4.12. The summed E-state index contributed by atoms with van der Waals surface area (Å²) in [5.41, 5.74) is 0. The quantitative estimate of drug-likeness (QED) is 0.839. The molecule has 1 rings (SSSR count). The molecule has 5 nitrogen and oxygen atoms in total. The van der Waals surface area contributed by atoms with Gasteiger partial charge >= 0.3 is 12.1 Å². The van der Waals surface area contributed by atoms with Crippen LogP contribution in [-0.4, -0.2) is 48.3 Å². The molecule has 0 aromatic heterocycles. The fraction of sp³-hybridized carbons (Fsp3) is 0.909. The molecule has 0 saturated carbocycles. The maximum atomic E-state index is 12.0. The summed E-state index contributed by atoms with van der Waals surface area (Å²) >= 11 is 0. The molecule has 0 aliphatic carbocycles. The lowest BCUT2D eigenvalue weighted by Gasteiger charge is -2.35. The molecule has 0 spiro atoms. The lowest BCUT2D eigenvalue weighted by atomic mass is 9.93.